The zero-order valence-electron chi connectivity index (χ0n) is 9.28. The van der Waals surface area contributed by atoms with Crippen molar-refractivity contribution in [2.75, 3.05) is 0 Å². The fourth-order valence-electron chi connectivity index (χ4n) is 0.832. The Morgan fingerprint density at radius 2 is 1.14 bits per heavy atom. The predicted molar refractivity (Wildman–Crippen MR) is 54.0 cm³/mol. The molecule has 0 heterocycles. The van der Waals surface area contributed by atoms with Gasteiger partial charge in [0.05, 0.1) is 12.2 Å². The molecular weight excluding hydrogens is 184 g/mol. The molecule has 4 nitrogen and oxygen atoms in total. The fourth-order valence-corrected chi connectivity index (χ4v) is 0.832. The smallest absolute Gasteiger partial charge is 0.132 e. The third kappa shape index (κ3) is 22.5. The summed E-state index contributed by atoms with van der Waals surface area (Å²) in [6.45, 7) is 6.13. The topological polar surface area (TPSA) is 74.6 Å². The minimum absolute atomic E-state index is 0.0370. The lowest BCUT2D eigenvalue weighted by Crippen LogP contribution is -2.04. The fraction of sp³-hybridized carbons (Fsp3) is 0.800. The van der Waals surface area contributed by atoms with Crippen LogP contribution < -0.4 is 0 Å². The standard InChI is InChI=1S/2C5H10O2/c2*1-4(6)3-5(2)7/h2*4,6H,3H2,1-2H3. The van der Waals surface area contributed by atoms with Crippen LogP contribution in [0.4, 0.5) is 0 Å². The van der Waals surface area contributed by atoms with Crippen molar-refractivity contribution in [1.82, 2.24) is 0 Å². The molecular formula is C10H20O4. The van der Waals surface area contributed by atoms with Crippen molar-refractivity contribution in [2.45, 2.75) is 52.7 Å². The zero-order chi connectivity index (χ0) is 11.7. The molecule has 0 rings (SSSR count). The number of carbonyl (C=O) groups excluding carboxylic acids is 2. The summed E-state index contributed by atoms with van der Waals surface area (Å²) in [6.07, 6.45) is -0.394. The van der Waals surface area contributed by atoms with Crippen LogP contribution in [-0.4, -0.2) is 34.0 Å². The normalized spacial score (nSPS) is 13.6. The number of aliphatic hydroxyl groups excluding tert-OH is 2. The molecule has 84 valence electrons. The SMILES string of the molecule is CC(=O)CC(C)O.CC(=O)CC(C)O. The van der Waals surface area contributed by atoms with Crippen LogP contribution in [-0.2, 0) is 9.59 Å². The van der Waals surface area contributed by atoms with Gasteiger partial charge < -0.3 is 10.2 Å². The predicted octanol–water partition coefficient (Wildman–Crippen LogP) is 0.693. The molecule has 0 aromatic rings. The highest BCUT2D eigenvalue weighted by molar-refractivity contribution is 5.76. The molecule has 0 fully saturated rings. The Morgan fingerprint density at radius 1 is 0.929 bits per heavy atom. The highest BCUT2D eigenvalue weighted by Gasteiger charge is 1.97. The Kier molecular flexibility index (Phi) is 9.93. The summed E-state index contributed by atoms with van der Waals surface area (Å²) in [5.41, 5.74) is 0. The number of ketones is 2. The number of aliphatic hydroxyl groups is 2. The molecule has 2 N–H and O–H groups in total. The van der Waals surface area contributed by atoms with Gasteiger partial charge in [-0.25, -0.2) is 0 Å². The van der Waals surface area contributed by atoms with Gasteiger partial charge in [0.15, 0.2) is 0 Å². The summed E-state index contributed by atoms with van der Waals surface area (Å²) in [5.74, 6) is 0.0741. The van der Waals surface area contributed by atoms with E-state index in [0.29, 0.717) is 0 Å². The lowest BCUT2D eigenvalue weighted by molar-refractivity contribution is -0.119. The molecule has 0 saturated carbocycles. The van der Waals surface area contributed by atoms with Gasteiger partial charge in [0.25, 0.3) is 0 Å². The second kappa shape index (κ2) is 8.84. The van der Waals surface area contributed by atoms with Crippen LogP contribution in [0.3, 0.4) is 0 Å². The Balaban J connectivity index is 0. The molecule has 0 saturated heterocycles. The minimum Gasteiger partial charge on any atom is -0.393 e. The summed E-state index contributed by atoms with van der Waals surface area (Å²) in [4.78, 5) is 20.2. The van der Waals surface area contributed by atoms with Gasteiger partial charge in [0.2, 0.25) is 0 Å². The lowest BCUT2D eigenvalue weighted by atomic mass is 10.2. The van der Waals surface area contributed by atoms with Crippen LogP contribution in [0.2, 0.25) is 0 Å². The van der Waals surface area contributed by atoms with E-state index in [0.717, 1.165) is 0 Å². The average Bonchev–Trinajstić information content (AvgIpc) is 1.79. The quantitative estimate of drug-likeness (QED) is 0.706. The Hall–Kier alpha value is -0.740. The maximum atomic E-state index is 10.1. The molecule has 0 amide bonds. The van der Waals surface area contributed by atoms with Gasteiger partial charge in [-0.3, -0.25) is 9.59 Å². The zero-order valence-corrected chi connectivity index (χ0v) is 9.28. The van der Waals surface area contributed by atoms with Crippen molar-refractivity contribution >= 4 is 11.6 Å². The second-order valence-electron chi connectivity index (χ2n) is 3.51. The molecule has 0 aromatic heterocycles. The maximum Gasteiger partial charge on any atom is 0.132 e. The van der Waals surface area contributed by atoms with Gasteiger partial charge in [0.1, 0.15) is 11.6 Å². The highest BCUT2D eigenvalue weighted by Crippen LogP contribution is 1.88. The molecule has 0 bridgehead atoms. The molecule has 0 aliphatic heterocycles. The number of rotatable bonds is 4. The van der Waals surface area contributed by atoms with Crippen molar-refractivity contribution in [2.24, 2.45) is 0 Å². The van der Waals surface area contributed by atoms with E-state index in [1.165, 1.54) is 13.8 Å². The van der Waals surface area contributed by atoms with Crippen LogP contribution >= 0.6 is 0 Å². The molecule has 0 aliphatic rings. The number of Topliss-reactive ketones (excluding diaryl/α,β-unsaturated/α-hetero) is 2. The summed E-state index contributed by atoms with van der Waals surface area (Å²) in [7, 11) is 0. The summed E-state index contributed by atoms with van der Waals surface area (Å²) >= 11 is 0. The highest BCUT2D eigenvalue weighted by atomic mass is 16.3. The van der Waals surface area contributed by atoms with Crippen molar-refractivity contribution in [3.05, 3.63) is 0 Å². The first-order valence-corrected chi connectivity index (χ1v) is 4.60. The Bertz CT molecular complexity index is 153. The maximum absolute atomic E-state index is 10.1. The van der Waals surface area contributed by atoms with Crippen molar-refractivity contribution < 1.29 is 19.8 Å². The summed E-state index contributed by atoms with van der Waals surface area (Å²) < 4.78 is 0. The summed E-state index contributed by atoms with van der Waals surface area (Å²) in [5, 5.41) is 17.0. The van der Waals surface area contributed by atoms with Gasteiger partial charge in [-0.2, -0.15) is 0 Å². The first-order valence-electron chi connectivity index (χ1n) is 4.60. The molecule has 2 atom stereocenters. The first kappa shape index (κ1) is 15.7. The first-order chi connectivity index (χ1) is 6.25. The molecule has 0 aliphatic carbocycles. The second-order valence-corrected chi connectivity index (χ2v) is 3.51. The van der Waals surface area contributed by atoms with E-state index < -0.39 is 12.2 Å². The van der Waals surface area contributed by atoms with Crippen LogP contribution in [0.25, 0.3) is 0 Å². The average molecular weight is 204 g/mol. The molecule has 2 unspecified atom stereocenters. The van der Waals surface area contributed by atoms with E-state index in [4.69, 9.17) is 10.2 Å². The monoisotopic (exact) mass is 204 g/mol. The van der Waals surface area contributed by atoms with E-state index in [-0.39, 0.29) is 24.4 Å². The lowest BCUT2D eigenvalue weighted by Gasteiger charge is -1.95. The third-order valence-electron chi connectivity index (χ3n) is 1.17. The van der Waals surface area contributed by atoms with Gasteiger partial charge in [-0.1, -0.05) is 0 Å². The number of carbonyl (C=O) groups is 2. The van der Waals surface area contributed by atoms with Gasteiger partial charge in [-0.15, -0.1) is 0 Å². The van der Waals surface area contributed by atoms with Gasteiger partial charge in [-0.05, 0) is 27.7 Å². The third-order valence-corrected chi connectivity index (χ3v) is 1.17. The molecule has 0 radical (unpaired) electrons. The van der Waals surface area contributed by atoms with Gasteiger partial charge >= 0.3 is 0 Å². The molecule has 14 heavy (non-hydrogen) atoms. The van der Waals surface area contributed by atoms with Crippen LogP contribution in [0.15, 0.2) is 0 Å². The Labute approximate surface area is 84.9 Å². The molecule has 0 spiro atoms. The van der Waals surface area contributed by atoms with Crippen molar-refractivity contribution in [3.8, 4) is 0 Å². The van der Waals surface area contributed by atoms with Crippen LogP contribution in [0, 0.1) is 0 Å². The van der Waals surface area contributed by atoms with Crippen LogP contribution in [0.5, 0.6) is 0 Å². The number of hydrogen-bond acceptors (Lipinski definition) is 4. The molecule has 0 aromatic carbocycles. The summed E-state index contributed by atoms with van der Waals surface area (Å²) in [6, 6.07) is 0. The number of hydrogen-bond donors (Lipinski definition) is 2. The van der Waals surface area contributed by atoms with Crippen molar-refractivity contribution in [3.63, 3.8) is 0 Å². The van der Waals surface area contributed by atoms with E-state index in [1.807, 2.05) is 0 Å². The van der Waals surface area contributed by atoms with E-state index in [1.54, 1.807) is 13.8 Å². The van der Waals surface area contributed by atoms with Crippen molar-refractivity contribution in [1.29, 1.82) is 0 Å². The van der Waals surface area contributed by atoms with E-state index in [2.05, 4.69) is 0 Å². The van der Waals surface area contributed by atoms with E-state index >= 15 is 0 Å². The van der Waals surface area contributed by atoms with Gasteiger partial charge in [0, 0.05) is 12.8 Å². The van der Waals surface area contributed by atoms with Crippen LogP contribution in [0.1, 0.15) is 40.5 Å². The minimum atomic E-state index is -0.475. The largest absolute Gasteiger partial charge is 0.393 e. The Morgan fingerprint density at radius 3 is 1.14 bits per heavy atom. The van der Waals surface area contributed by atoms with E-state index in [9.17, 15) is 9.59 Å². The molecule has 4 heteroatoms.